The van der Waals surface area contributed by atoms with Crippen LogP contribution in [0.15, 0.2) is 39.9 Å². The molecule has 1 aromatic carbocycles. The van der Waals surface area contributed by atoms with Crippen LogP contribution < -0.4 is 9.54 Å². The number of hydrogen-bond acceptors (Lipinski definition) is 4. The fourth-order valence-corrected chi connectivity index (χ4v) is 3.69. The smallest absolute Gasteiger partial charge is 0.315 e. The third kappa shape index (κ3) is 2.92. The average Bonchev–Trinajstić information content (AvgIpc) is 3.18. The van der Waals surface area contributed by atoms with Gasteiger partial charge in [0.05, 0.1) is 23.1 Å². The number of carbonyl (C=O) groups excluding carboxylic acids is 1. The first kappa shape index (κ1) is 15.8. The highest BCUT2D eigenvalue weighted by atomic mass is 35.5. The average molecular weight is 351 g/mol. The third-order valence-corrected chi connectivity index (χ3v) is 4.88. The molecule has 3 rings (SSSR count). The van der Waals surface area contributed by atoms with E-state index in [-0.39, 0.29) is 5.76 Å². The van der Waals surface area contributed by atoms with E-state index in [1.807, 2.05) is 10.6 Å². The number of ether oxygens (including phenoxy) is 1. The fourth-order valence-electron chi connectivity index (χ4n) is 2.34. The lowest BCUT2D eigenvalue weighted by molar-refractivity contribution is 0.0971. The van der Waals surface area contributed by atoms with Gasteiger partial charge in [0.25, 0.3) is 0 Å². The van der Waals surface area contributed by atoms with Crippen LogP contribution in [0.5, 0.6) is 5.75 Å². The molecule has 0 radical (unpaired) electrons. The van der Waals surface area contributed by atoms with E-state index in [0.717, 1.165) is 16.6 Å². The summed E-state index contributed by atoms with van der Waals surface area (Å²) >= 11 is 7.67. The number of benzene rings is 1. The summed E-state index contributed by atoms with van der Waals surface area (Å²) in [5, 5.41) is 0.613. The second-order valence-electron chi connectivity index (χ2n) is 4.86. The van der Waals surface area contributed by atoms with E-state index in [0.29, 0.717) is 22.1 Å². The highest BCUT2D eigenvalue weighted by Crippen LogP contribution is 2.33. The van der Waals surface area contributed by atoms with Crippen molar-refractivity contribution in [1.82, 2.24) is 4.57 Å². The van der Waals surface area contributed by atoms with Gasteiger partial charge in [-0.1, -0.05) is 29.9 Å². The Morgan fingerprint density at radius 3 is 2.91 bits per heavy atom. The predicted molar refractivity (Wildman–Crippen MR) is 90.3 cm³/mol. The van der Waals surface area contributed by atoms with Gasteiger partial charge in [-0.15, -0.1) is 0 Å². The first-order chi connectivity index (χ1) is 11.2. The maximum atomic E-state index is 12.2. The molecular weight excluding hydrogens is 336 g/mol. The summed E-state index contributed by atoms with van der Waals surface area (Å²) in [5.74, 6) is 0.506. The predicted octanol–water partition coefficient (Wildman–Crippen LogP) is 4.11. The second kappa shape index (κ2) is 6.60. The summed E-state index contributed by atoms with van der Waals surface area (Å²) in [6.07, 6.45) is 2.34. The van der Waals surface area contributed by atoms with Crippen molar-refractivity contribution < 1.29 is 13.9 Å². The molecule has 23 heavy (non-hydrogen) atoms. The molecule has 5 nitrogen and oxygen atoms in total. The largest absolute Gasteiger partial charge is 0.495 e. The van der Waals surface area contributed by atoms with Gasteiger partial charge in [-0.25, -0.2) is 0 Å². The Kier molecular flexibility index (Phi) is 4.54. The fraction of sp³-hybridized carbons (Fsp3) is 0.250. The van der Waals surface area contributed by atoms with Crippen LogP contribution in [0.3, 0.4) is 0 Å². The van der Waals surface area contributed by atoms with E-state index in [2.05, 4.69) is 11.9 Å². The minimum Gasteiger partial charge on any atom is -0.495 e. The van der Waals surface area contributed by atoms with Crippen molar-refractivity contribution in [1.29, 1.82) is 0 Å². The number of aryl methyl sites for hydroxylation is 1. The van der Waals surface area contributed by atoms with Crippen molar-refractivity contribution in [2.24, 2.45) is 4.99 Å². The second-order valence-corrected chi connectivity index (χ2v) is 6.24. The summed E-state index contributed by atoms with van der Waals surface area (Å²) in [5.41, 5.74) is 0.859. The van der Waals surface area contributed by atoms with Crippen LogP contribution in [0.2, 0.25) is 5.02 Å². The lowest BCUT2D eigenvalue weighted by Crippen LogP contribution is -2.17. The topological polar surface area (TPSA) is 56.7 Å². The number of fused-ring (bicyclic) bond motifs is 1. The standard InChI is InChI=1S/C16H15ClN2O3S/c1-3-8-19-13-11(21-2)7-6-10(17)14(13)23-16(19)18-15(20)12-5-4-9-22-12/h4-7,9H,3,8H2,1-2H3. The highest BCUT2D eigenvalue weighted by Gasteiger charge is 2.15. The molecule has 0 aliphatic carbocycles. The molecule has 0 N–H and O–H groups in total. The van der Waals surface area contributed by atoms with E-state index in [9.17, 15) is 4.79 Å². The third-order valence-electron chi connectivity index (χ3n) is 3.34. The van der Waals surface area contributed by atoms with Crippen LogP contribution in [0.1, 0.15) is 23.9 Å². The van der Waals surface area contributed by atoms with E-state index >= 15 is 0 Å². The summed E-state index contributed by atoms with van der Waals surface area (Å²) < 4.78 is 13.4. The number of rotatable bonds is 4. The Morgan fingerprint density at radius 1 is 1.43 bits per heavy atom. The molecule has 0 saturated heterocycles. The van der Waals surface area contributed by atoms with Crippen molar-refractivity contribution in [2.45, 2.75) is 19.9 Å². The Bertz CT molecular complexity index is 909. The molecule has 120 valence electrons. The van der Waals surface area contributed by atoms with Crippen LogP contribution in [0.25, 0.3) is 10.2 Å². The molecule has 0 atom stereocenters. The lowest BCUT2D eigenvalue weighted by atomic mass is 10.3. The van der Waals surface area contributed by atoms with Gasteiger partial charge < -0.3 is 13.7 Å². The maximum absolute atomic E-state index is 12.2. The van der Waals surface area contributed by atoms with Gasteiger partial charge in [0, 0.05) is 6.54 Å². The van der Waals surface area contributed by atoms with E-state index in [1.165, 1.54) is 17.6 Å². The van der Waals surface area contributed by atoms with Crippen LogP contribution in [-0.2, 0) is 6.54 Å². The van der Waals surface area contributed by atoms with Crippen LogP contribution in [0, 0.1) is 0 Å². The van der Waals surface area contributed by atoms with Crippen molar-refractivity contribution in [3.63, 3.8) is 0 Å². The molecule has 0 saturated carbocycles. The van der Waals surface area contributed by atoms with Crippen molar-refractivity contribution >= 4 is 39.1 Å². The number of carbonyl (C=O) groups is 1. The Hall–Kier alpha value is -2.05. The molecule has 3 aromatic rings. The van der Waals surface area contributed by atoms with Crippen molar-refractivity contribution in [3.05, 3.63) is 46.1 Å². The van der Waals surface area contributed by atoms with E-state index in [4.69, 9.17) is 20.8 Å². The van der Waals surface area contributed by atoms with Gasteiger partial charge in [-0.2, -0.15) is 4.99 Å². The van der Waals surface area contributed by atoms with Crippen LogP contribution in [0.4, 0.5) is 0 Å². The van der Waals surface area contributed by atoms with Crippen molar-refractivity contribution in [2.75, 3.05) is 7.11 Å². The molecular formula is C16H15ClN2O3S. The van der Waals surface area contributed by atoms with Gasteiger partial charge >= 0.3 is 5.91 Å². The normalized spacial score (nSPS) is 12.0. The summed E-state index contributed by atoms with van der Waals surface area (Å²) in [7, 11) is 1.61. The quantitative estimate of drug-likeness (QED) is 0.711. The molecule has 2 heterocycles. The first-order valence-corrected chi connectivity index (χ1v) is 8.33. The zero-order valence-corrected chi connectivity index (χ0v) is 14.3. The first-order valence-electron chi connectivity index (χ1n) is 7.14. The van der Waals surface area contributed by atoms with E-state index in [1.54, 1.807) is 25.3 Å². The van der Waals surface area contributed by atoms with Gasteiger partial charge in [0.1, 0.15) is 11.3 Å². The number of methoxy groups -OCH3 is 1. The molecule has 7 heteroatoms. The van der Waals surface area contributed by atoms with Crippen LogP contribution >= 0.6 is 22.9 Å². The molecule has 0 bridgehead atoms. The zero-order valence-electron chi connectivity index (χ0n) is 12.7. The molecule has 0 unspecified atom stereocenters. The number of thiazole rings is 1. The molecule has 0 fully saturated rings. The van der Waals surface area contributed by atoms with Gasteiger partial charge in [0.2, 0.25) is 0 Å². The molecule has 0 aliphatic rings. The van der Waals surface area contributed by atoms with Crippen LogP contribution in [-0.4, -0.2) is 17.6 Å². The summed E-state index contributed by atoms with van der Waals surface area (Å²) in [4.78, 5) is 17.0. The Labute approximate surface area is 141 Å². The number of aromatic nitrogens is 1. The summed E-state index contributed by atoms with van der Waals surface area (Å²) in [6, 6.07) is 6.86. The number of amides is 1. The molecule has 0 aliphatic heterocycles. The zero-order chi connectivity index (χ0) is 16.4. The number of furan rings is 1. The minimum absolute atomic E-state index is 0.212. The van der Waals surface area contributed by atoms with Gasteiger partial charge in [0.15, 0.2) is 10.6 Å². The van der Waals surface area contributed by atoms with Gasteiger partial charge in [-0.05, 0) is 30.7 Å². The molecule has 2 aromatic heterocycles. The molecule has 1 amide bonds. The maximum Gasteiger partial charge on any atom is 0.315 e. The number of nitrogens with zero attached hydrogens (tertiary/aromatic N) is 2. The lowest BCUT2D eigenvalue weighted by Gasteiger charge is -2.07. The Balaban J connectivity index is 2.26. The monoisotopic (exact) mass is 350 g/mol. The number of halogens is 1. The van der Waals surface area contributed by atoms with E-state index < -0.39 is 5.91 Å². The Morgan fingerprint density at radius 2 is 2.26 bits per heavy atom. The highest BCUT2D eigenvalue weighted by molar-refractivity contribution is 7.17. The SMILES string of the molecule is CCCn1c(=NC(=O)c2ccco2)sc2c(Cl)ccc(OC)c21. The number of hydrogen-bond donors (Lipinski definition) is 0. The minimum atomic E-state index is -0.415. The van der Waals surface area contributed by atoms with Gasteiger partial charge in [-0.3, -0.25) is 4.79 Å². The van der Waals surface area contributed by atoms with Crippen molar-refractivity contribution in [3.8, 4) is 5.75 Å². The summed E-state index contributed by atoms with van der Waals surface area (Å²) in [6.45, 7) is 2.77. The molecule has 0 spiro atoms.